The first-order chi connectivity index (χ1) is 10.5. The first-order valence-electron chi connectivity index (χ1n) is 7.54. The topological polar surface area (TPSA) is 74.2 Å². The van der Waals surface area contributed by atoms with Crippen molar-refractivity contribution in [1.82, 2.24) is 10.1 Å². The number of ether oxygens (including phenoxy) is 1. The smallest absolute Gasteiger partial charge is 0.267 e. The van der Waals surface area contributed by atoms with Crippen molar-refractivity contribution in [2.45, 2.75) is 51.2 Å². The first kappa shape index (κ1) is 18.0. The number of hydrogen-bond donors (Lipinski definition) is 1. The highest BCUT2D eigenvalue weighted by Crippen LogP contribution is 2.35. The van der Waals surface area contributed by atoms with Gasteiger partial charge < -0.3 is 15.0 Å². The van der Waals surface area contributed by atoms with E-state index in [9.17, 15) is 0 Å². The Balaban J connectivity index is 0.00000192. The van der Waals surface area contributed by atoms with Gasteiger partial charge in [-0.2, -0.15) is 4.98 Å². The fourth-order valence-corrected chi connectivity index (χ4v) is 2.89. The normalized spacial score (nSPS) is 17.6. The molecule has 7 heteroatoms. The van der Waals surface area contributed by atoms with Crippen LogP contribution in [0.25, 0.3) is 0 Å². The number of nitrogens with two attached hydrogens (primary N) is 1. The molecule has 1 unspecified atom stereocenters. The van der Waals surface area contributed by atoms with Gasteiger partial charge in [0.15, 0.2) is 11.9 Å². The molecular formula is C16H21Cl2N3O2. The van der Waals surface area contributed by atoms with Crippen LogP contribution < -0.4 is 10.5 Å². The fraction of sp³-hybridized carbons (Fsp3) is 0.500. The number of nitrogens with zero attached hydrogens (tertiary/aromatic N) is 2. The molecular weight excluding hydrogens is 337 g/mol. The van der Waals surface area contributed by atoms with Crippen LogP contribution in [0.4, 0.5) is 0 Å². The van der Waals surface area contributed by atoms with E-state index in [1.165, 1.54) is 0 Å². The molecule has 3 rings (SSSR count). The van der Waals surface area contributed by atoms with Crippen LogP contribution in [0.2, 0.25) is 5.02 Å². The second kappa shape index (κ2) is 7.07. The standard InChI is InChI=1S/C16H20ClN3O2.ClH/c1-10-9-12(5-6-13(10)17)21-11(2)14-19-15(20-22-14)16(18)7-3-4-8-16;/h5-6,9,11H,3-4,7-8,18H2,1-2H3;1H. The average Bonchev–Trinajstić information content (AvgIpc) is 3.12. The summed E-state index contributed by atoms with van der Waals surface area (Å²) in [7, 11) is 0. The first-order valence-corrected chi connectivity index (χ1v) is 7.91. The van der Waals surface area contributed by atoms with Gasteiger partial charge in [-0.05, 0) is 50.5 Å². The summed E-state index contributed by atoms with van der Waals surface area (Å²) in [6.07, 6.45) is 3.68. The second-order valence-corrected chi connectivity index (χ2v) is 6.40. The van der Waals surface area contributed by atoms with Gasteiger partial charge in [0.05, 0.1) is 5.54 Å². The highest BCUT2D eigenvalue weighted by Gasteiger charge is 2.36. The molecule has 2 N–H and O–H groups in total. The Morgan fingerprint density at radius 2 is 2.04 bits per heavy atom. The van der Waals surface area contributed by atoms with E-state index in [2.05, 4.69) is 10.1 Å². The lowest BCUT2D eigenvalue weighted by atomic mass is 9.99. The third kappa shape index (κ3) is 3.79. The predicted octanol–water partition coefficient (Wildman–Crippen LogP) is 4.32. The molecule has 23 heavy (non-hydrogen) atoms. The number of halogens is 2. The summed E-state index contributed by atoms with van der Waals surface area (Å²) < 4.78 is 11.2. The van der Waals surface area contributed by atoms with Crippen molar-refractivity contribution in [2.75, 3.05) is 0 Å². The maximum Gasteiger partial charge on any atom is 0.267 e. The summed E-state index contributed by atoms with van der Waals surface area (Å²) in [6.45, 7) is 3.81. The van der Waals surface area contributed by atoms with Gasteiger partial charge in [0.2, 0.25) is 0 Å². The molecule has 126 valence electrons. The summed E-state index contributed by atoms with van der Waals surface area (Å²) in [5, 5.41) is 4.77. The molecule has 0 spiro atoms. The number of benzene rings is 1. The van der Waals surface area contributed by atoms with E-state index in [0.717, 1.165) is 37.0 Å². The molecule has 1 aliphatic rings. The monoisotopic (exact) mass is 357 g/mol. The fourth-order valence-electron chi connectivity index (χ4n) is 2.78. The molecule has 5 nitrogen and oxygen atoms in total. The minimum atomic E-state index is -0.446. The second-order valence-electron chi connectivity index (χ2n) is 5.99. The molecule has 2 aromatic rings. The number of rotatable bonds is 4. The summed E-state index contributed by atoms with van der Waals surface area (Å²) in [5.41, 5.74) is 6.86. The summed E-state index contributed by atoms with van der Waals surface area (Å²) in [6, 6.07) is 5.52. The van der Waals surface area contributed by atoms with E-state index < -0.39 is 5.54 Å². The van der Waals surface area contributed by atoms with Gasteiger partial charge in [-0.15, -0.1) is 12.4 Å². The van der Waals surface area contributed by atoms with Crippen LogP contribution in [0.1, 0.15) is 56.0 Å². The van der Waals surface area contributed by atoms with Gasteiger partial charge >= 0.3 is 0 Å². The van der Waals surface area contributed by atoms with Crippen molar-refractivity contribution in [3.63, 3.8) is 0 Å². The van der Waals surface area contributed by atoms with Crippen LogP contribution >= 0.6 is 24.0 Å². The Hall–Kier alpha value is -1.30. The van der Waals surface area contributed by atoms with Crippen LogP contribution in [0.5, 0.6) is 5.75 Å². The van der Waals surface area contributed by atoms with Crippen molar-refractivity contribution in [3.8, 4) is 5.75 Å². The van der Waals surface area contributed by atoms with Gasteiger partial charge in [-0.1, -0.05) is 29.6 Å². The zero-order chi connectivity index (χ0) is 15.7. The molecule has 0 aliphatic heterocycles. The highest BCUT2D eigenvalue weighted by atomic mass is 35.5. The highest BCUT2D eigenvalue weighted by molar-refractivity contribution is 6.31. The molecule has 0 bridgehead atoms. The molecule has 1 saturated carbocycles. The van der Waals surface area contributed by atoms with Crippen molar-refractivity contribution in [3.05, 3.63) is 40.5 Å². The van der Waals surface area contributed by atoms with Crippen LogP contribution in [0.3, 0.4) is 0 Å². The van der Waals surface area contributed by atoms with Gasteiger partial charge in [-0.25, -0.2) is 0 Å². The minimum absolute atomic E-state index is 0. The maximum absolute atomic E-state index is 6.34. The van der Waals surface area contributed by atoms with Crippen LogP contribution in [0, 0.1) is 6.92 Å². The lowest BCUT2D eigenvalue weighted by molar-refractivity contribution is 0.175. The van der Waals surface area contributed by atoms with Gasteiger partial charge in [0.1, 0.15) is 5.75 Å². The molecule has 1 aromatic heterocycles. The van der Waals surface area contributed by atoms with Crippen molar-refractivity contribution in [1.29, 1.82) is 0 Å². The average molecular weight is 358 g/mol. The van der Waals surface area contributed by atoms with E-state index in [4.69, 9.17) is 26.6 Å². The van der Waals surface area contributed by atoms with Crippen LogP contribution in [0.15, 0.2) is 22.7 Å². The van der Waals surface area contributed by atoms with E-state index in [0.29, 0.717) is 16.7 Å². The van der Waals surface area contributed by atoms with E-state index in [1.807, 2.05) is 32.0 Å². The number of aryl methyl sites for hydroxylation is 1. The predicted molar refractivity (Wildman–Crippen MR) is 91.1 cm³/mol. The molecule has 1 fully saturated rings. The van der Waals surface area contributed by atoms with Crippen molar-refractivity contribution >= 4 is 24.0 Å². The van der Waals surface area contributed by atoms with E-state index in [-0.39, 0.29) is 18.5 Å². The molecule has 1 aromatic carbocycles. The SMILES string of the molecule is Cc1cc(OC(C)c2nc(C3(N)CCCC3)no2)ccc1Cl.Cl. The van der Waals surface area contributed by atoms with Crippen LogP contribution in [-0.2, 0) is 5.54 Å². The van der Waals surface area contributed by atoms with Crippen molar-refractivity contribution < 1.29 is 9.26 Å². The molecule has 1 aliphatic carbocycles. The Morgan fingerprint density at radius 1 is 1.35 bits per heavy atom. The van der Waals surface area contributed by atoms with Gasteiger partial charge in [0, 0.05) is 5.02 Å². The van der Waals surface area contributed by atoms with E-state index >= 15 is 0 Å². The van der Waals surface area contributed by atoms with Crippen LogP contribution in [-0.4, -0.2) is 10.1 Å². The summed E-state index contributed by atoms with van der Waals surface area (Å²) >= 11 is 6.02. The quantitative estimate of drug-likeness (QED) is 0.881. The number of hydrogen-bond acceptors (Lipinski definition) is 5. The molecule has 1 atom stereocenters. The minimum Gasteiger partial charge on any atom is -0.481 e. The Labute approximate surface area is 146 Å². The molecule has 0 amide bonds. The van der Waals surface area contributed by atoms with Crippen molar-refractivity contribution in [2.24, 2.45) is 5.73 Å². The Kier molecular flexibility index (Phi) is 5.55. The number of aromatic nitrogens is 2. The zero-order valence-corrected chi connectivity index (χ0v) is 14.8. The molecule has 1 heterocycles. The zero-order valence-electron chi connectivity index (χ0n) is 13.2. The third-order valence-electron chi connectivity index (χ3n) is 4.17. The Bertz CT molecular complexity index is 669. The molecule has 0 saturated heterocycles. The lowest BCUT2D eigenvalue weighted by Crippen LogP contribution is -2.34. The Morgan fingerprint density at radius 3 is 2.70 bits per heavy atom. The maximum atomic E-state index is 6.34. The van der Waals surface area contributed by atoms with E-state index in [1.54, 1.807) is 0 Å². The third-order valence-corrected chi connectivity index (χ3v) is 4.60. The lowest BCUT2D eigenvalue weighted by Gasteiger charge is -2.18. The summed E-state index contributed by atoms with van der Waals surface area (Å²) in [4.78, 5) is 4.45. The van der Waals surface area contributed by atoms with Gasteiger partial charge in [0.25, 0.3) is 5.89 Å². The summed E-state index contributed by atoms with van der Waals surface area (Å²) in [5.74, 6) is 1.75. The molecule has 0 radical (unpaired) electrons. The largest absolute Gasteiger partial charge is 0.481 e. The van der Waals surface area contributed by atoms with Gasteiger partial charge in [-0.3, -0.25) is 0 Å².